The van der Waals surface area contributed by atoms with Gasteiger partial charge in [-0.2, -0.15) is 13.2 Å². The molecule has 0 spiro atoms. The number of ether oxygens (including phenoxy) is 1. The maximum Gasteiger partial charge on any atom is 0.416 e. The van der Waals surface area contributed by atoms with Crippen molar-refractivity contribution >= 4 is 40.9 Å². The second-order valence-electron chi connectivity index (χ2n) is 6.40. The number of benzene rings is 2. The van der Waals surface area contributed by atoms with Crippen molar-refractivity contribution in [3.05, 3.63) is 65.0 Å². The molecular weight excluding hydrogens is 485 g/mol. The molecule has 1 heterocycles. The largest absolute Gasteiger partial charge is 0.484 e. The lowest BCUT2D eigenvalue weighted by Crippen LogP contribution is -2.28. The van der Waals surface area contributed by atoms with Crippen molar-refractivity contribution in [2.24, 2.45) is 0 Å². The summed E-state index contributed by atoms with van der Waals surface area (Å²) in [6, 6.07) is 10.8. The lowest BCUT2D eigenvalue weighted by atomic mass is 10.2. The topological polar surface area (TPSA) is 106 Å². The van der Waals surface area contributed by atoms with Crippen molar-refractivity contribution < 1.29 is 31.9 Å². The van der Waals surface area contributed by atoms with Crippen LogP contribution in [0.2, 0.25) is 5.02 Å². The number of rotatable bonds is 9. The van der Waals surface area contributed by atoms with Gasteiger partial charge in [0.2, 0.25) is 11.8 Å². The molecule has 0 atom stereocenters. The second kappa shape index (κ2) is 11.1. The number of hydrogen-bond donors (Lipinski definition) is 2. The Balaban J connectivity index is 1.40. The van der Waals surface area contributed by atoms with Gasteiger partial charge in [-0.05, 0) is 42.5 Å². The quantitative estimate of drug-likeness (QED) is 0.425. The zero-order valence-electron chi connectivity index (χ0n) is 16.7. The number of carbonyl (C=O) groups is 2. The van der Waals surface area contributed by atoms with Crippen LogP contribution in [0.5, 0.6) is 5.75 Å². The van der Waals surface area contributed by atoms with Crippen LogP contribution in [0.15, 0.2) is 58.2 Å². The Morgan fingerprint density at radius 1 is 1.09 bits per heavy atom. The van der Waals surface area contributed by atoms with E-state index < -0.39 is 23.6 Å². The number of thioether (sulfide) groups is 1. The third-order valence-corrected chi connectivity index (χ3v) is 4.94. The molecule has 3 rings (SSSR count). The van der Waals surface area contributed by atoms with Crippen LogP contribution in [-0.2, 0) is 22.3 Å². The summed E-state index contributed by atoms with van der Waals surface area (Å²) < 4.78 is 48.8. The number of anilines is 1. The molecule has 0 saturated carbocycles. The van der Waals surface area contributed by atoms with E-state index in [1.54, 1.807) is 24.3 Å². The van der Waals surface area contributed by atoms with Crippen molar-refractivity contribution in [1.82, 2.24) is 15.5 Å². The minimum Gasteiger partial charge on any atom is -0.484 e. The van der Waals surface area contributed by atoms with E-state index in [0.717, 1.165) is 23.9 Å². The van der Waals surface area contributed by atoms with Gasteiger partial charge in [-0.25, -0.2) is 0 Å². The third kappa shape index (κ3) is 7.99. The number of amides is 2. The van der Waals surface area contributed by atoms with Gasteiger partial charge < -0.3 is 19.8 Å². The molecule has 0 bridgehead atoms. The maximum absolute atomic E-state index is 12.7. The Morgan fingerprint density at radius 3 is 2.58 bits per heavy atom. The first-order chi connectivity index (χ1) is 15.7. The van der Waals surface area contributed by atoms with Gasteiger partial charge in [-0.1, -0.05) is 29.4 Å². The lowest BCUT2D eigenvalue weighted by Gasteiger charge is -2.09. The fourth-order valence-corrected chi connectivity index (χ4v) is 3.08. The predicted molar refractivity (Wildman–Crippen MR) is 114 cm³/mol. The number of nitrogens with zero attached hydrogens (tertiary/aromatic N) is 2. The Kier molecular flexibility index (Phi) is 8.17. The van der Waals surface area contributed by atoms with Crippen LogP contribution in [-0.4, -0.2) is 34.4 Å². The number of aromatic nitrogens is 2. The van der Waals surface area contributed by atoms with Crippen molar-refractivity contribution in [3.63, 3.8) is 0 Å². The van der Waals surface area contributed by atoms with Crippen LogP contribution in [0.1, 0.15) is 11.5 Å². The number of halogens is 4. The first-order valence-electron chi connectivity index (χ1n) is 9.26. The Morgan fingerprint density at radius 2 is 1.85 bits per heavy atom. The van der Waals surface area contributed by atoms with Gasteiger partial charge in [0, 0.05) is 10.7 Å². The molecule has 0 aliphatic carbocycles. The van der Waals surface area contributed by atoms with E-state index in [-0.39, 0.29) is 35.7 Å². The standard InChI is InChI=1S/C20H16ClF3N4O4S/c21-13-4-6-15(7-5-13)31-10-16(29)25-9-18-27-28-19(32-18)33-11-17(30)26-14-3-1-2-12(8-14)20(22,23)24/h1-8H,9-11H2,(H,25,29)(H,26,30). The van der Waals surface area contributed by atoms with E-state index in [9.17, 15) is 22.8 Å². The zero-order chi connectivity index (χ0) is 23.8. The smallest absolute Gasteiger partial charge is 0.416 e. The minimum atomic E-state index is -4.51. The molecule has 174 valence electrons. The monoisotopic (exact) mass is 500 g/mol. The summed E-state index contributed by atoms with van der Waals surface area (Å²) in [4.78, 5) is 23.9. The summed E-state index contributed by atoms with van der Waals surface area (Å²) in [6.07, 6.45) is -4.51. The van der Waals surface area contributed by atoms with Gasteiger partial charge in [0.15, 0.2) is 6.61 Å². The van der Waals surface area contributed by atoms with Gasteiger partial charge in [0.25, 0.3) is 11.1 Å². The molecule has 8 nitrogen and oxygen atoms in total. The number of hydrogen-bond acceptors (Lipinski definition) is 7. The highest BCUT2D eigenvalue weighted by Crippen LogP contribution is 2.30. The minimum absolute atomic E-state index is 0.0187. The van der Waals surface area contributed by atoms with Crippen molar-refractivity contribution in [2.75, 3.05) is 17.7 Å². The zero-order valence-corrected chi connectivity index (χ0v) is 18.3. The SMILES string of the molecule is O=C(COc1ccc(Cl)cc1)NCc1nnc(SCC(=O)Nc2cccc(C(F)(F)F)c2)o1. The highest BCUT2D eigenvalue weighted by molar-refractivity contribution is 7.99. The summed E-state index contributed by atoms with van der Waals surface area (Å²) in [5, 5.41) is 13.0. The lowest BCUT2D eigenvalue weighted by molar-refractivity contribution is -0.137. The first kappa shape index (κ1) is 24.4. The predicted octanol–water partition coefficient (Wildman–Crippen LogP) is 4.17. The molecule has 0 unspecified atom stereocenters. The Bertz CT molecular complexity index is 1110. The van der Waals surface area contributed by atoms with Crippen LogP contribution in [0.4, 0.5) is 18.9 Å². The normalized spacial score (nSPS) is 11.2. The van der Waals surface area contributed by atoms with Gasteiger partial charge >= 0.3 is 6.18 Å². The van der Waals surface area contributed by atoms with Crippen molar-refractivity contribution in [3.8, 4) is 5.75 Å². The summed E-state index contributed by atoms with van der Waals surface area (Å²) >= 11 is 6.67. The molecule has 0 aliphatic heterocycles. The number of nitrogens with one attached hydrogen (secondary N) is 2. The van der Waals surface area contributed by atoms with Gasteiger partial charge in [0.05, 0.1) is 17.9 Å². The van der Waals surface area contributed by atoms with Gasteiger partial charge in [-0.15, -0.1) is 10.2 Å². The molecule has 0 aliphatic rings. The summed E-state index contributed by atoms with van der Waals surface area (Å²) in [5.41, 5.74) is -0.847. The average molecular weight is 501 g/mol. The van der Waals surface area contributed by atoms with Crippen LogP contribution >= 0.6 is 23.4 Å². The van der Waals surface area contributed by atoms with Crippen LogP contribution < -0.4 is 15.4 Å². The van der Waals surface area contributed by atoms with E-state index in [2.05, 4.69) is 20.8 Å². The highest BCUT2D eigenvalue weighted by Gasteiger charge is 2.30. The van der Waals surface area contributed by atoms with Crippen LogP contribution in [0.3, 0.4) is 0 Å². The first-order valence-corrected chi connectivity index (χ1v) is 10.6. The molecular formula is C20H16ClF3N4O4S. The fourth-order valence-electron chi connectivity index (χ4n) is 2.37. The summed E-state index contributed by atoms with van der Waals surface area (Å²) in [6.45, 7) is -0.278. The molecule has 33 heavy (non-hydrogen) atoms. The fraction of sp³-hybridized carbons (Fsp3) is 0.200. The molecule has 0 fully saturated rings. The van der Waals surface area contributed by atoms with E-state index in [1.807, 2.05) is 0 Å². The maximum atomic E-state index is 12.7. The van der Waals surface area contributed by atoms with Crippen molar-refractivity contribution in [2.45, 2.75) is 17.9 Å². The molecule has 0 saturated heterocycles. The van der Waals surface area contributed by atoms with Crippen molar-refractivity contribution in [1.29, 1.82) is 0 Å². The average Bonchev–Trinajstić information content (AvgIpc) is 3.23. The molecule has 2 amide bonds. The molecule has 0 radical (unpaired) electrons. The van der Waals surface area contributed by atoms with Crippen LogP contribution in [0.25, 0.3) is 0 Å². The van der Waals surface area contributed by atoms with E-state index in [1.165, 1.54) is 12.1 Å². The molecule has 3 aromatic rings. The molecule has 1 aromatic heterocycles. The van der Waals surface area contributed by atoms with E-state index in [0.29, 0.717) is 10.8 Å². The number of alkyl halides is 3. The highest BCUT2D eigenvalue weighted by atomic mass is 35.5. The molecule has 2 aromatic carbocycles. The number of carbonyl (C=O) groups excluding carboxylic acids is 2. The second-order valence-corrected chi connectivity index (χ2v) is 7.76. The van der Waals surface area contributed by atoms with Gasteiger partial charge in [0.1, 0.15) is 5.75 Å². The van der Waals surface area contributed by atoms with Crippen LogP contribution in [0, 0.1) is 0 Å². The van der Waals surface area contributed by atoms with E-state index in [4.69, 9.17) is 20.8 Å². The molecule has 13 heteroatoms. The summed E-state index contributed by atoms with van der Waals surface area (Å²) in [5.74, 6) is -0.547. The van der Waals surface area contributed by atoms with Gasteiger partial charge in [-0.3, -0.25) is 9.59 Å². The summed E-state index contributed by atoms with van der Waals surface area (Å²) in [7, 11) is 0. The Labute approximate surface area is 194 Å². The van der Waals surface area contributed by atoms with E-state index >= 15 is 0 Å². The Hall–Kier alpha value is -3.25. The third-order valence-electron chi connectivity index (χ3n) is 3.87. The molecule has 2 N–H and O–H groups in total.